The van der Waals surface area contributed by atoms with Gasteiger partial charge in [0.1, 0.15) is 0 Å². The standard InChI is InChI=1S/C10H17NO3/c12-10(13)8-5-14-6-9(8)11-7-3-1-2-4-7/h7-9,11H,1-6H2,(H,12,13). The Labute approximate surface area is 83.6 Å². The van der Waals surface area contributed by atoms with Crippen LogP contribution in [-0.2, 0) is 9.53 Å². The molecule has 0 amide bonds. The van der Waals surface area contributed by atoms with Gasteiger partial charge in [-0.3, -0.25) is 4.79 Å². The van der Waals surface area contributed by atoms with Crippen LogP contribution in [0.2, 0.25) is 0 Å². The van der Waals surface area contributed by atoms with Crippen molar-refractivity contribution in [2.45, 2.75) is 37.8 Å². The molecule has 2 rings (SSSR count). The number of hydrogen-bond acceptors (Lipinski definition) is 3. The van der Waals surface area contributed by atoms with E-state index >= 15 is 0 Å². The molecule has 0 aromatic rings. The molecule has 0 aromatic carbocycles. The van der Waals surface area contributed by atoms with Crippen LogP contribution in [0.15, 0.2) is 0 Å². The molecule has 2 atom stereocenters. The normalized spacial score (nSPS) is 33.7. The zero-order valence-corrected chi connectivity index (χ0v) is 8.24. The Bertz CT molecular complexity index is 213. The molecule has 1 aliphatic heterocycles. The SMILES string of the molecule is O=C(O)C1COCC1NC1CCCC1. The van der Waals surface area contributed by atoms with Crippen LogP contribution in [-0.4, -0.2) is 36.4 Å². The average Bonchev–Trinajstić information content (AvgIpc) is 2.75. The van der Waals surface area contributed by atoms with E-state index in [9.17, 15) is 4.79 Å². The Morgan fingerprint density at radius 1 is 1.29 bits per heavy atom. The minimum Gasteiger partial charge on any atom is -0.481 e. The predicted molar refractivity (Wildman–Crippen MR) is 51.1 cm³/mol. The molecule has 2 N–H and O–H groups in total. The Kier molecular flexibility index (Phi) is 3.03. The van der Waals surface area contributed by atoms with Crippen molar-refractivity contribution in [1.29, 1.82) is 0 Å². The molecular formula is C10H17NO3. The molecule has 1 aliphatic carbocycles. The van der Waals surface area contributed by atoms with Gasteiger partial charge in [-0.05, 0) is 12.8 Å². The van der Waals surface area contributed by atoms with Crippen molar-refractivity contribution < 1.29 is 14.6 Å². The first-order valence-electron chi connectivity index (χ1n) is 5.34. The van der Waals surface area contributed by atoms with Crippen molar-refractivity contribution >= 4 is 5.97 Å². The van der Waals surface area contributed by atoms with Crippen molar-refractivity contribution in [3.05, 3.63) is 0 Å². The molecule has 1 saturated heterocycles. The van der Waals surface area contributed by atoms with Crippen molar-refractivity contribution in [2.75, 3.05) is 13.2 Å². The second-order valence-corrected chi connectivity index (χ2v) is 4.24. The summed E-state index contributed by atoms with van der Waals surface area (Å²) < 4.78 is 5.20. The summed E-state index contributed by atoms with van der Waals surface area (Å²) in [7, 11) is 0. The Hall–Kier alpha value is -0.610. The van der Waals surface area contributed by atoms with Gasteiger partial charge in [-0.25, -0.2) is 0 Å². The fraction of sp³-hybridized carbons (Fsp3) is 0.900. The maximum absolute atomic E-state index is 10.9. The molecule has 4 nitrogen and oxygen atoms in total. The number of rotatable bonds is 3. The molecule has 2 unspecified atom stereocenters. The van der Waals surface area contributed by atoms with Gasteiger partial charge < -0.3 is 15.2 Å². The maximum atomic E-state index is 10.9. The molecule has 0 aromatic heterocycles. The van der Waals surface area contributed by atoms with E-state index in [0.29, 0.717) is 19.3 Å². The lowest BCUT2D eigenvalue weighted by Gasteiger charge is -2.20. The summed E-state index contributed by atoms with van der Waals surface area (Å²) in [6.45, 7) is 0.910. The van der Waals surface area contributed by atoms with E-state index in [2.05, 4.69) is 5.32 Å². The van der Waals surface area contributed by atoms with E-state index < -0.39 is 5.97 Å². The summed E-state index contributed by atoms with van der Waals surface area (Å²) in [5.74, 6) is -1.09. The highest BCUT2D eigenvalue weighted by Crippen LogP contribution is 2.21. The van der Waals surface area contributed by atoms with Gasteiger partial charge in [-0.2, -0.15) is 0 Å². The third-order valence-corrected chi connectivity index (χ3v) is 3.20. The second kappa shape index (κ2) is 4.28. The number of carbonyl (C=O) groups is 1. The van der Waals surface area contributed by atoms with Gasteiger partial charge in [0.25, 0.3) is 0 Å². The first-order valence-corrected chi connectivity index (χ1v) is 5.34. The fourth-order valence-corrected chi connectivity index (χ4v) is 2.36. The number of carboxylic acids is 1. The fourth-order valence-electron chi connectivity index (χ4n) is 2.36. The number of ether oxygens (including phenoxy) is 1. The molecule has 1 saturated carbocycles. The van der Waals surface area contributed by atoms with Crippen molar-refractivity contribution in [1.82, 2.24) is 5.32 Å². The summed E-state index contributed by atoms with van der Waals surface area (Å²) in [4.78, 5) is 10.9. The molecular weight excluding hydrogens is 182 g/mol. The van der Waals surface area contributed by atoms with Gasteiger partial charge in [-0.15, -0.1) is 0 Å². The molecule has 14 heavy (non-hydrogen) atoms. The van der Waals surface area contributed by atoms with Crippen LogP contribution in [0.5, 0.6) is 0 Å². The zero-order chi connectivity index (χ0) is 9.97. The molecule has 80 valence electrons. The highest BCUT2D eigenvalue weighted by atomic mass is 16.5. The predicted octanol–water partition coefficient (Wildman–Crippen LogP) is 0.618. The zero-order valence-electron chi connectivity index (χ0n) is 8.24. The minimum atomic E-state index is -0.738. The summed E-state index contributed by atoms with van der Waals surface area (Å²) >= 11 is 0. The van der Waals surface area contributed by atoms with E-state index in [1.54, 1.807) is 0 Å². The topological polar surface area (TPSA) is 58.6 Å². The minimum absolute atomic E-state index is 0.0237. The first-order chi connectivity index (χ1) is 6.77. The van der Waals surface area contributed by atoms with Crippen LogP contribution >= 0.6 is 0 Å². The van der Waals surface area contributed by atoms with Gasteiger partial charge >= 0.3 is 5.97 Å². The molecule has 2 fully saturated rings. The van der Waals surface area contributed by atoms with Gasteiger partial charge in [0, 0.05) is 12.1 Å². The van der Waals surface area contributed by atoms with Crippen LogP contribution in [0.25, 0.3) is 0 Å². The quantitative estimate of drug-likeness (QED) is 0.699. The molecule has 0 spiro atoms. The Morgan fingerprint density at radius 2 is 2.00 bits per heavy atom. The summed E-state index contributed by atoms with van der Waals surface area (Å²) in [5.41, 5.74) is 0. The van der Waals surface area contributed by atoms with E-state index in [0.717, 1.165) is 0 Å². The molecule has 0 radical (unpaired) electrons. The smallest absolute Gasteiger partial charge is 0.310 e. The first kappa shape index (κ1) is 9.93. The average molecular weight is 199 g/mol. The molecule has 4 heteroatoms. The van der Waals surface area contributed by atoms with Gasteiger partial charge in [0.15, 0.2) is 0 Å². The summed E-state index contributed by atoms with van der Waals surface area (Å²) in [6, 6.07) is 0.541. The number of hydrogen-bond donors (Lipinski definition) is 2. The van der Waals surface area contributed by atoms with E-state index in [1.807, 2.05) is 0 Å². The largest absolute Gasteiger partial charge is 0.481 e. The van der Waals surface area contributed by atoms with E-state index in [4.69, 9.17) is 9.84 Å². The second-order valence-electron chi connectivity index (χ2n) is 4.24. The number of carboxylic acid groups (broad SMARTS) is 1. The van der Waals surface area contributed by atoms with Gasteiger partial charge in [-0.1, -0.05) is 12.8 Å². The summed E-state index contributed by atoms with van der Waals surface area (Å²) in [5, 5.41) is 12.3. The molecule has 0 bridgehead atoms. The van der Waals surface area contributed by atoms with E-state index in [1.165, 1.54) is 25.7 Å². The Morgan fingerprint density at radius 3 is 2.64 bits per heavy atom. The van der Waals surface area contributed by atoms with Crippen molar-refractivity contribution in [3.8, 4) is 0 Å². The molecule has 1 heterocycles. The molecule has 2 aliphatic rings. The summed E-state index contributed by atoms with van der Waals surface area (Å²) in [6.07, 6.45) is 4.90. The van der Waals surface area contributed by atoms with Gasteiger partial charge in [0.2, 0.25) is 0 Å². The number of nitrogens with one attached hydrogen (secondary N) is 1. The maximum Gasteiger partial charge on any atom is 0.310 e. The van der Waals surface area contributed by atoms with Crippen LogP contribution in [0.3, 0.4) is 0 Å². The van der Waals surface area contributed by atoms with Crippen LogP contribution in [0.4, 0.5) is 0 Å². The van der Waals surface area contributed by atoms with Crippen LogP contribution in [0.1, 0.15) is 25.7 Å². The van der Waals surface area contributed by atoms with Crippen LogP contribution in [0, 0.1) is 5.92 Å². The van der Waals surface area contributed by atoms with Crippen molar-refractivity contribution in [3.63, 3.8) is 0 Å². The van der Waals surface area contributed by atoms with Crippen LogP contribution < -0.4 is 5.32 Å². The third kappa shape index (κ3) is 2.07. The highest BCUT2D eigenvalue weighted by Gasteiger charge is 2.35. The lowest BCUT2D eigenvalue weighted by atomic mass is 10.0. The van der Waals surface area contributed by atoms with Crippen molar-refractivity contribution in [2.24, 2.45) is 5.92 Å². The third-order valence-electron chi connectivity index (χ3n) is 3.20. The number of aliphatic carboxylic acids is 1. The van der Waals surface area contributed by atoms with Gasteiger partial charge in [0.05, 0.1) is 19.1 Å². The Balaban J connectivity index is 1.86. The monoisotopic (exact) mass is 199 g/mol. The highest BCUT2D eigenvalue weighted by molar-refractivity contribution is 5.71. The lowest BCUT2D eigenvalue weighted by Crippen LogP contribution is -2.43. The van der Waals surface area contributed by atoms with E-state index in [-0.39, 0.29) is 12.0 Å². The lowest BCUT2D eigenvalue weighted by molar-refractivity contribution is -0.142.